The molecule has 26 heavy (non-hydrogen) atoms. The second kappa shape index (κ2) is 6.54. The first-order chi connectivity index (χ1) is 12.6. The number of benzene rings is 2. The molecule has 0 bridgehead atoms. The molecule has 2 N–H and O–H groups in total. The van der Waals surface area contributed by atoms with Crippen LogP contribution < -0.4 is 10.3 Å². The van der Waals surface area contributed by atoms with Gasteiger partial charge in [-0.3, -0.25) is 4.79 Å². The quantitative estimate of drug-likeness (QED) is 0.550. The number of aromatic amines is 1. The third-order valence-electron chi connectivity index (χ3n) is 3.91. The second-order valence-corrected chi connectivity index (χ2v) is 6.11. The van der Waals surface area contributed by atoms with Gasteiger partial charge in [0.25, 0.3) is 5.56 Å². The molecule has 5 nitrogen and oxygen atoms in total. The van der Waals surface area contributed by atoms with Gasteiger partial charge in [0.15, 0.2) is 0 Å². The van der Waals surface area contributed by atoms with E-state index in [1.807, 2.05) is 30.3 Å². The summed E-state index contributed by atoms with van der Waals surface area (Å²) in [7, 11) is 0. The third-order valence-corrected chi connectivity index (χ3v) is 4.11. The van der Waals surface area contributed by atoms with Gasteiger partial charge in [0.05, 0.1) is 16.0 Å². The Bertz CT molecular complexity index is 1160. The Labute approximate surface area is 153 Å². The molecule has 2 aromatic carbocycles. The van der Waals surface area contributed by atoms with Crippen molar-refractivity contribution in [3.8, 4) is 28.4 Å². The molecule has 0 aliphatic heterocycles. The van der Waals surface area contributed by atoms with Crippen molar-refractivity contribution in [3.63, 3.8) is 0 Å². The summed E-state index contributed by atoms with van der Waals surface area (Å²) in [4.78, 5) is 19.2. The number of H-pyrrole nitrogens is 1. The SMILES string of the molecule is O=c1[nH]c2ncc(Cl)cc2c(O)c1-c1cccc(Oc2ccccc2)c1. The molecule has 4 rings (SSSR count). The van der Waals surface area contributed by atoms with Crippen molar-refractivity contribution in [2.24, 2.45) is 0 Å². The van der Waals surface area contributed by atoms with Crippen molar-refractivity contribution in [2.75, 3.05) is 0 Å². The molecule has 6 heteroatoms. The van der Waals surface area contributed by atoms with Crippen LogP contribution >= 0.6 is 11.6 Å². The number of hydrogen-bond donors (Lipinski definition) is 2. The molecule has 0 radical (unpaired) electrons. The normalized spacial score (nSPS) is 10.8. The van der Waals surface area contributed by atoms with Gasteiger partial charge in [-0.1, -0.05) is 41.9 Å². The van der Waals surface area contributed by atoms with Crippen molar-refractivity contribution in [2.45, 2.75) is 0 Å². The van der Waals surface area contributed by atoms with Gasteiger partial charge in [0.1, 0.15) is 22.9 Å². The lowest BCUT2D eigenvalue weighted by Crippen LogP contribution is -2.10. The lowest BCUT2D eigenvalue weighted by atomic mass is 10.0. The zero-order chi connectivity index (χ0) is 18.1. The molecular formula is C20H13ClN2O3. The number of rotatable bonds is 3. The fourth-order valence-electron chi connectivity index (χ4n) is 2.74. The minimum absolute atomic E-state index is 0.139. The van der Waals surface area contributed by atoms with Crippen LogP contribution in [-0.4, -0.2) is 15.1 Å². The number of aromatic nitrogens is 2. The highest BCUT2D eigenvalue weighted by Gasteiger charge is 2.15. The smallest absolute Gasteiger partial charge is 0.261 e. The molecule has 2 aromatic heterocycles. The minimum Gasteiger partial charge on any atom is -0.506 e. The maximum atomic E-state index is 12.5. The van der Waals surface area contributed by atoms with Gasteiger partial charge >= 0.3 is 0 Å². The molecule has 128 valence electrons. The topological polar surface area (TPSA) is 75.2 Å². The average Bonchev–Trinajstić information content (AvgIpc) is 2.64. The zero-order valence-electron chi connectivity index (χ0n) is 13.4. The third kappa shape index (κ3) is 3.00. The summed E-state index contributed by atoms with van der Waals surface area (Å²) >= 11 is 5.96. The highest BCUT2D eigenvalue weighted by atomic mass is 35.5. The molecule has 2 heterocycles. The van der Waals surface area contributed by atoms with Crippen LogP contribution in [-0.2, 0) is 0 Å². The van der Waals surface area contributed by atoms with Crippen LogP contribution in [0.4, 0.5) is 0 Å². The second-order valence-electron chi connectivity index (χ2n) is 5.67. The Hall–Kier alpha value is -3.31. The minimum atomic E-state index is -0.443. The van der Waals surface area contributed by atoms with Crippen LogP contribution in [0.5, 0.6) is 17.2 Å². The van der Waals surface area contributed by atoms with Crippen molar-refractivity contribution in [3.05, 3.63) is 82.2 Å². The van der Waals surface area contributed by atoms with Crippen molar-refractivity contribution >= 4 is 22.6 Å². The van der Waals surface area contributed by atoms with Gasteiger partial charge in [0.2, 0.25) is 0 Å². The number of ether oxygens (including phenoxy) is 1. The van der Waals surface area contributed by atoms with Gasteiger partial charge in [-0.05, 0) is 35.9 Å². The number of pyridine rings is 2. The van der Waals surface area contributed by atoms with Crippen LogP contribution in [0.1, 0.15) is 0 Å². The van der Waals surface area contributed by atoms with E-state index in [0.717, 1.165) is 0 Å². The molecule has 0 unspecified atom stereocenters. The Morgan fingerprint density at radius 1 is 1.00 bits per heavy atom. The molecule has 0 saturated carbocycles. The van der Waals surface area contributed by atoms with Crippen LogP contribution in [0.2, 0.25) is 5.02 Å². The monoisotopic (exact) mass is 364 g/mol. The summed E-state index contributed by atoms with van der Waals surface area (Å²) < 4.78 is 5.80. The number of nitrogens with one attached hydrogen (secondary N) is 1. The van der Waals surface area contributed by atoms with E-state index in [-0.39, 0.29) is 17.0 Å². The van der Waals surface area contributed by atoms with Gasteiger partial charge in [-0.2, -0.15) is 0 Å². The predicted octanol–water partition coefficient (Wildman–Crippen LogP) is 4.74. The zero-order valence-corrected chi connectivity index (χ0v) is 14.2. The Balaban J connectivity index is 1.83. The van der Waals surface area contributed by atoms with Crippen molar-refractivity contribution < 1.29 is 9.84 Å². The van der Waals surface area contributed by atoms with E-state index in [4.69, 9.17) is 16.3 Å². The molecule has 0 saturated heterocycles. The molecule has 4 aromatic rings. The fourth-order valence-corrected chi connectivity index (χ4v) is 2.90. The van der Waals surface area contributed by atoms with Crippen molar-refractivity contribution in [1.29, 1.82) is 0 Å². The molecule has 0 aliphatic carbocycles. The van der Waals surface area contributed by atoms with Crippen LogP contribution in [0.15, 0.2) is 71.7 Å². The number of hydrogen-bond acceptors (Lipinski definition) is 4. The highest BCUT2D eigenvalue weighted by molar-refractivity contribution is 6.31. The number of fused-ring (bicyclic) bond motifs is 1. The molecular weight excluding hydrogens is 352 g/mol. The molecule has 0 fully saturated rings. The van der Waals surface area contributed by atoms with Gasteiger partial charge in [0, 0.05) is 6.20 Å². The molecule has 0 amide bonds. The average molecular weight is 365 g/mol. The lowest BCUT2D eigenvalue weighted by Gasteiger charge is -2.10. The van der Waals surface area contributed by atoms with E-state index >= 15 is 0 Å². The van der Waals surface area contributed by atoms with E-state index in [1.165, 1.54) is 6.20 Å². The molecule has 0 spiro atoms. The maximum Gasteiger partial charge on any atom is 0.261 e. The van der Waals surface area contributed by atoms with Gasteiger partial charge < -0.3 is 14.8 Å². The fraction of sp³-hybridized carbons (Fsp3) is 0. The van der Waals surface area contributed by atoms with Crippen LogP contribution in [0.3, 0.4) is 0 Å². The lowest BCUT2D eigenvalue weighted by molar-refractivity contribution is 0.480. The Kier molecular flexibility index (Phi) is 4.07. The number of para-hydroxylation sites is 1. The van der Waals surface area contributed by atoms with E-state index in [1.54, 1.807) is 30.3 Å². The summed E-state index contributed by atoms with van der Waals surface area (Å²) in [6, 6.07) is 17.8. The highest BCUT2D eigenvalue weighted by Crippen LogP contribution is 2.34. The predicted molar refractivity (Wildman–Crippen MR) is 101 cm³/mol. The van der Waals surface area contributed by atoms with E-state index in [2.05, 4.69) is 9.97 Å². The number of aromatic hydroxyl groups is 1. The summed E-state index contributed by atoms with van der Waals surface area (Å²) in [5.74, 6) is 1.06. The van der Waals surface area contributed by atoms with Gasteiger partial charge in [-0.15, -0.1) is 0 Å². The van der Waals surface area contributed by atoms with Crippen molar-refractivity contribution in [1.82, 2.24) is 9.97 Å². The summed E-state index contributed by atoms with van der Waals surface area (Å²) in [5, 5.41) is 11.4. The first kappa shape index (κ1) is 16.2. The standard InChI is InChI=1S/C20H13ClN2O3/c21-13-10-16-18(24)17(20(25)23-19(16)22-11-13)12-5-4-8-15(9-12)26-14-6-2-1-3-7-14/h1-11H,(H2,22,23,24,25). The largest absolute Gasteiger partial charge is 0.506 e. The van der Waals surface area contributed by atoms with E-state index in [0.29, 0.717) is 27.5 Å². The first-order valence-electron chi connectivity index (χ1n) is 7.85. The summed E-state index contributed by atoms with van der Waals surface area (Å²) in [6.45, 7) is 0. The Morgan fingerprint density at radius 2 is 1.77 bits per heavy atom. The number of nitrogens with zero attached hydrogens (tertiary/aromatic N) is 1. The van der Waals surface area contributed by atoms with Crippen LogP contribution in [0, 0.1) is 0 Å². The summed E-state index contributed by atoms with van der Waals surface area (Å²) in [5.41, 5.74) is 0.498. The maximum absolute atomic E-state index is 12.5. The molecule has 0 atom stereocenters. The van der Waals surface area contributed by atoms with Gasteiger partial charge in [-0.25, -0.2) is 4.98 Å². The van der Waals surface area contributed by atoms with E-state index < -0.39 is 5.56 Å². The summed E-state index contributed by atoms with van der Waals surface area (Å²) in [6.07, 6.45) is 1.41. The number of halogens is 1. The molecule has 0 aliphatic rings. The Morgan fingerprint density at radius 3 is 2.58 bits per heavy atom. The first-order valence-corrected chi connectivity index (χ1v) is 8.23. The van der Waals surface area contributed by atoms with Crippen LogP contribution in [0.25, 0.3) is 22.2 Å². The van der Waals surface area contributed by atoms with E-state index in [9.17, 15) is 9.90 Å².